The fourth-order valence-corrected chi connectivity index (χ4v) is 6.37. The molecule has 5 aromatic rings. The molecule has 0 saturated carbocycles. The number of ether oxygens (including phenoxy) is 1. The van der Waals surface area contributed by atoms with Crippen LogP contribution in [0.3, 0.4) is 0 Å². The number of ketones is 1. The maximum Gasteiger partial charge on any atom is 0.296 e. The van der Waals surface area contributed by atoms with Gasteiger partial charge in [-0.05, 0) is 42.3 Å². The lowest BCUT2D eigenvalue weighted by Gasteiger charge is -2.24. The Hall–Kier alpha value is -4.41. The van der Waals surface area contributed by atoms with E-state index in [0.717, 1.165) is 10.9 Å². The van der Waals surface area contributed by atoms with Gasteiger partial charge in [-0.1, -0.05) is 83.3 Å². The lowest BCUT2D eigenvalue weighted by atomic mass is 9.95. The van der Waals surface area contributed by atoms with Gasteiger partial charge in [-0.2, -0.15) is 0 Å². The number of Topliss-reactive ketones (excluding diaryl/α,β-unsaturated/α-hetero) is 1. The standard InChI is InChI=1S/C30H23N3O5S2/c1-17-7-9-18(10-8-17)16-39-30-32-31-29(40-30)33-25(19-11-13-21(37-2)14-12-19)24(27(35)28(33)36)26(34)23-15-20-5-3-4-6-22(20)38-23/h3-15,25,35H,16H2,1-2H3/t25-/m1/s1. The maximum atomic E-state index is 13.8. The Morgan fingerprint density at radius 1 is 1.07 bits per heavy atom. The first-order valence-electron chi connectivity index (χ1n) is 12.4. The number of aliphatic hydroxyl groups is 1. The van der Waals surface area contributed by atoms with Crippen molar-refractivity contribution in [2.45, 2.75) is 23.1 Å². The first kappa shape index (κ1) is 25.8. The minimum atomic E-state index is -0.943. The lowest BCUT2D eigenvalue weighted by molar-refractivity contribution is -0.117. The van der Waals surface area contributed by atoms with Crippen molar-refractivity contribution in [2.75, 3.05) is 12.0 Å². The summed E-state index contributed by atoms with van der Waals surface area (Å²) in [5.41, 5.74) is 3.37. The number of benzene rings is 3. The van der Waals surface area contributed by atoms with Crippen LogP contribution in [0, 0.1) is 6.92 Å². The Bertz CT molecular complexity index is 1720. The molecule has 6 rings (SSSR count). The fourth-order valence-electron chi connectivity index (χ4n) is 4.55. The molecule has 200 valence electrons. The summed E-state index contributed by atoms with van der Waals surface area (Å²) in [6.07, 6.45) is 0. The molecule has 40 heavy (non-hydrogen) atoms. The topological polar surface area (TPSA) is 106 Å². The number of nitrogens with zero attached hydrogens (tertiary/aromatic N) is 3. The highest BCUT2D eigenvalue weighted by atomic mass is 32.2. The van der Waals surface area contributed by atoms with E-state index in [0.29, 0.717) is 27.0 Å². The van der Waals surface area contributed by atoms with Crippen LogP contribution < -0.4 is 9.64 Å². The van der Waals surface area contributed by atoms with Crippen LogP contribution in [0.15, 0.2) is 99.0 Å². The van der Waals surface area contributed by atoms with Gasteiger partial charge < -0.3 is 14.3 Å². The van der Waals surface area contributed by atoms with E-state index in [1.165, 1.54) is 33.6 Å². The molecule has 1 amide bonds. The summed E-state index contributed by atoms with van der Waals surface area (Å²) in [5, 5.41) is 20.6. The highest BCUT2D eigenvalue weighted by Gasteiger charge is 2.46. The second-order valence-corrected chi connectivity index (χ2v) is 11.4. The molecule has 0 fully saturated rings. The predicted molar refractivity (Wildman–Crippen MR) is 154 cm³/mol. The average molecular weight is 570 g/mol. The molecule has 8 nitrogen and oxygen atoms in total. The first-order chi connectivity index (χ1) is 19.4. The third kappa shape index (κ3) is 4.76. The van der Waals surface area contributed by atoms with Gasteiger partial charge in [0, 0.05) is 11.1 Å². The number of hydrogen-bond donors (Lipinski definition) is 1. The number of anilines is 1. The van der Waals surface area contributed by atoms with Gasteiger partial charge in [0.1, 0.15) is 11.3 Å². The number of carbonyl (C=O) groups is 2. The molecule has 2 aromatic heterocycles. The SMILES string of the molecule is COc1ccc([C@@H]2C(C(=O)c3cc4ccccc4o3)=C(O)C(=O)N2c2nnc(SCc3ccc(C)cc3)s2)cc1. The van der Waals surface area contributed by atoms with Crippen LogP contribution in [-0.2, 0) is 10.5 Å². The zero-order valence-electron chi connectivity index (χ0n) is 21.5. The quantitative estimate of drug-likeness (QED) is 0.125. The van der Waals surface area contributed by atoms with Crippen molar-refractivity contribution < 1.29 is 23.8 Å². The van der Waals surface area contributed by atoms with Gasteiger partial charge in [-0.3, -0.25) is 14.5 Å². The van der Waals surface area contributed by atoms with Crippen molar-refractivity contribution in [3.63, 3.8) is 0 Å². The third-order valence-corrected chi connectivity index (χ3v) is 8.75. The molecule has 1 N–H and O–H groups in total. The number of rotatable bonds is 8. The molecular weight excluding hydrogens is 546 g/mol. The van der Waals surface area contributed by atoms with E-state index < -0.39 is 23.5 Å². The van der Waals surface area contributed by atoms with Crippen molar-refractivity contribution in [1.29, 1.82) is 0 Å². The molecule has 1 aliphatic rings. The van der Waals surface area contributed by atoms with Crippen LogP contribution in [0.5, 0.6) is 5.75 Å². The van der Waals surface area contributed by atoms with Crippen molar-refractivity contribution in [3.8, 4) is 5.75 Å². The summed E-state index contributed by atoms with van der Waals surface area (Å²) >= 11 is 2.73. The summed E-state index contributed by atoms with van der Waals surface area (Å²) < 4.78 is 11.7. The van der Waals surface area contributed by atoms with Crippen LogP contribution in [-0.4, -0.2) is 34.1 Å². The minimum absolute atomic E-state index is 0.0301. The molecule has 3 aromatic carbocycles. The molecule has 0 saturated heterocycles. The summed E-state index contributed by atoms with van der Waals surface area (Å²) in [4.78, 5) is 28.6. The van der Waals surface area contributed by atoms with E-state index in [4.69, 9.17) is 9.15 Å². The zero-order chi connectivity index (χ0) is 27.8. The maximum absolute atomic E-state index is 13.8. The molecule has 1 aliphatic heterocycles. The van der Waals surface area contributed by atoms with Gasteiger partial charge >= 0.3 is 0 Å². The second-order valence-electron chi connectivity index (χ2n) is 9.22. The lowest BCUT2D eigenvalue weighted by Crippen LogP contribution is -2.31. The van der Waals surface area contributed by atoms with Crippen LogP contribution in [0.2, 0.25) is 0 Å². The monoisotopic (exact) mass is 569 g/mol. The van der Waals surface area contributed by atoms with Gasteiger partial charge in [0.2, 0.25) is 10.9 Å². The summed E-state index contributed by atoms with van der Waals surface area (Å²) in [6, 6.07) is 23.1. The molecule has 0 bridgehead atoms. The number of para-hydroxylation sites is 1. The molecule has 1 atom stereocenters. The summed E-state index contributed by atoms with van der Waals surface area (Å²) in [5.74, 6) is -0.624. The second kappa shape index (κ2) is 10.6. The van der Waals surface area contributed by atoms with Gasteiger partial charge in [0.25, 0.3) is 5.91 Å². The largest absolute Gasteiger partial charge is 0.503 e. The Morgan fingerprint density at radius 3 is 2.55 bits per heavy atom. The van der Waals surface area contributed by atoms with Crippen molar-refractivity contribution in [1.82, 2.24) is 10.2 Å². The van der Waals surface area contributed by atoms with E-state index in [9.17, 15) is 14.7 Å². The zero-order valence-corrected chi connectivity index (χ0v) is 23.2. The number of hydrogen-bond acceptors (Lipinski definition) is 9. The van der Waals surface area contributed by atoms with Crippen LogP contribution in [0.1, 0.15) is 33.3 Å². The van der Waals surface area contributed by atoms with Gasteiger partial charge in [-0.15, -0.1) is 10.2 Å². The Morgan fingerprint density at radius 2 is 1.82 bits per heavy atom. The molecule has 0 spiro atoms. The van der Waals surface area contributed by atoms with Crippen molar-refractivity contribution in [2.24, 2.45) is 0 Å². The summed E-state index contributed by atoms with van der Waals surface area (Å²) in [7, 11) is 1.56. The van der Waals surface area contributed by atoms with E-state index in [1.807, 2.05) is 25.1 Å². The summed E-state index contributed by atoms with van der Waals surface area (Å²) in [6.45, 7) is 2.04. The number of methoxy groups -OCH3 is 1. The molecule has 0 radical (unpaired) electrons. The van der Waals surface area contributed by atoms with Crippen molar-refractivity contribution in [3.05, 3.63) is 113 Å². The number of carbonyl (C=O) groups excluding carboxylic acids is 2. The number of furan rings is 1. The smallest absolute Gasteiger partial charge is 0.296 e. The molecule has 10 heteroatoms. The first-order valence-corrected chi connectivity index (χ1v) is 14.2. The normalized spacial score (nSPS) is 15.3. The van der Waals surface area contributed by atoms with Crippen LogP contribution in [0.4, 0.5) is 5.13 Å². The molecule has 0 unspecified atom stereocenters. The molecular formula is C30H23N3O5S2. The molecule has 0 aliphatic carbocycles. The minimum Gasteiger partial charge on any atom is -0.503 e. The van der Waals surface area contributed by atoms with E-state index in [-0.39, 0.29) is 16.5 Å². The third-order valence-electron chi connectivity index (χ3n) is 6.62. The Kier molecular flexibility index (Phi) is 6.87. The van der Waals surface area contributed by atoms with E-state index >= 15 is 0 Å². The van der Waals surface area contributed by atoms with E-state index in [1.54, 1.807) is 43.5 Å². The number of fused-ring (bicyclic) bond motifs is 1. The Labute approximate surface area is 237 Å². The van der Waals surface area contributed by atoms with Gasteiger partial charge in [0.05, 0.1) is 18.7 Å². The number of aromatic nitrogens is 2. The predicted octanol–water partition coefficient (Wildman–Crippen LogP) is 6.68. The number of thioether (sulfide) groups is 1. The number of aliphatic hydroxyl groups excluding tert-OH is 1. The van der Waals surface area contributed by atoms with Crippen LogP contribution >= 0.6 is 23.1 Å². The Balaban J connectivity index is 1.36. The number of amides is 1. The van der Waals surface area contributed by atoms with E-state index in [2.05, 4.69) is 34.5 Å². The fraction of sp³-hybridized carbons (Fsp3) is 0.133. The average Bonchev–Trinajstić information content (AvgIpc) is 3.69. The van der Waals surface area contributed by atoms with Gasteiger partial charge in [0.15, 0.2) is 15.9 Å². The molecule has 3 heterocycles. The van der Waals surface area contributed by atoms with Crippen molar-refractivity contribution >= 4 is 50.9 Å². The van der Waals surface area contributed by atoms with Gasteiger partial charge in [-0.25, -0.2) is 0 Å². The highest BCUT2D eigenvalue weighted by Crippen LogP contribution is 2.44. The number of aryl methyl sites for hydroxylation is 1. The van der Waals surface area contributed by atoms with Crippen LogP contribution in [0.25, 0.3) is 11.0 Å². The highest BCUT2D eigenvalue weighted by molar-refractivity contribution is 8.00.